The summed E-state index contributed by atoms with van der Waals surface area (Å²) < 4.78 is 0. The highest BCUT2D eigenvalue weighted by molar-refractivity contribution is 9.09. The first-order chi connectivity index (χ1) is 4.79. The van der Waals surface area contributed by atoms with E-state index in [2.05, 4.69) is 27.8 Å². The third-order valence-corrected chi connectivity index (χ3v) is 2.57. The Labute approximate surface area is 73.6 Å². The Balaban J connectivity index is 2.28. The Morgan fingerprint density at radius 3 is 3.10 bits per heavy atom. The molecule has 1 rings (SSSR count). The summed E-state index contributed by atoms with van der Waals surface area (Å²) in [6.07, 6.45) is 4.29. The van der Waals surface area contributed by atoms with Crippen LogP contribution >= 0.6 is 27.3 Å². The summed E-state index contributed by atoms with van der Waals surface area (Å²) in [6.45, 7) is 2.17. The zero-order chi connectivity index (χ0) is 7.40. The van der Waals surface area contributed by atoms with Gasteiger partial charge in [0, 0.05) is 15.9 Å². The largest absolute Gasteiger partial charge is 0.253 e. The molecule has 0 radical (unpaired) electrons. The van der Waals surface area contributed by atoms with Crippen molar-refractivity contribution in [3.63, 3.8) is 0 Å². The molecule has 0 aromatic carbocycles. The van der Waals surface area contributed by atoms with Crippen molar-refractivity contribution in [1.82, 2.24) is 4.98 Å². The molecule has 0 aliphatic carbocycles. The van der Waals surface area contributed by atoms with Crippen molar-refractivity contribution in [2.45, 2.75) is 24.6 Å². The van der Waals surface area contributed by atoms with Crippen LogP contribution in [0.15, 0.2) is 11.7 Å². The van der Waals surface area contributed by atoms with E-state index in [0.717, 1.165) is 6.42 Å². The van der Waals surface area contributed by atoms with E-state index >= 15 is 0 Å². The minimum atomic E-state index is 0.620. The Kier molecular flexibility index (Phi) is 3.35. The van der Waals surface area contributed by atoms with Gasteiger partial charge >= 0.3 is 0 Å². The summed E-state index contributed by atoms with van der Waals surface area (Å²) in [7, 11) is 0. The van der Waals surface area contributed by atoms with E-state index in [1.54, 1.807) is 11.3 Å². The molecule has 56 valence electrons. The van der Waals surface area contributed by atoms with Gasteiger partial charge in [0.15, 0.2) is 0 Å². The Hall–Kier alpha value is 0.110. The van der Waals surface area contributed by atoms with Crippen LogP contribution in [0.3, 0.4) is 0 Å². The molecule has 1 nitrogen and oxygen atoms in total. The Bertz CT molecular complexity index is 172. The number of thiazole rings is 1. The molecular weight excluding hydrogens is 210 g/mol. The van der Waals surface area contributed by atoms with Gasteiger partial charge in [0.25, 0.3) is 0 Å². The highest BCUT2D eigenvalue weighted by Gasteiger charge is 1.97. The number of rotatable bonds is 3. The number of aromatic nitrogens is 1. The average Bonchev–Trinajstić information content (AvgIpc) is 2.34. The van der Waals surface area contributed by atoms with E-state index in [1.807, 2.05) is 11.7 Å². The molecule has 1 aromatic rings. The van der Waals surface area contributed by atoms with Crippen molar-refractivity contribution in [2.75, 3.05) is 0 Å². The van der Waals surface area contributed by atoms with Crippen LogP contribution in [-0.4, -0.2) is 9.81 Å². The van der Waals surface area contributed by atoms with Crippen molar-refractivity contribution in [1.29, 1.82) is 0 Å². The zero-order valence-electron chi connectivity index (χ0n) is 5.88. The molecule has 0 N–H and O–H groups in total. The fraction of sp³-hybridized carbons (Fsp3) is 0.571. The van der Waals surface area contributed by atoms with Crippen LogP contribution in [0.2, 0.25) is 0 Å². The molecule has 1 aromatic heterocycles. The smallest absolute Gasteiger partial charge is 0.0794 e. The van der Waals surface area contributed by atoms with Gasteiger partial charge in [0.2, 0.25) is 0 Å². The molecule has 10 heavy (non-hydrogen) atoms. The molecule has 0 aliphatic rings. The van der Waals surface area contributed by atoms with E-state index in [4.69, 9.17) is 0 Å². The van der Waals surface area contributed by atoms with Gasteiger partial charge < -0.3 is 0 Å². The second-order valence-corrected chi connectivity index (χ2v) is 4.82. The number of aryl methyl sites for hydroxylation is 1. The maximum atomic E-state index is 4.00. The van der Waals surface area contributed by atoms with Crippen molar-refractivity contribution >= 4 is 27.3 Å². The summed E-state index contributed by atoms with van der Waals surface area (Å²) in [6, 6.07) is 0. The van der Waals surface area contributed by atoms with Gasteiger partial charge in [-0.15, -0.1) is 11.3 Å². The molecule has 0 saturated heterocycles. The summed E-state index contributed by atoms with van der Waals surface area (Å²) in [4.78, 5) is 6.00. The average molecular weight is 220 g/mol. The Morgan fingerprint density at radius 2 is 2.60 bits per heavy atom. The van der Waals surface area contributed by atoms with Crippen LogP contribution in [0.4, 0.5) is 0 Å². The summed E-state index contributed by atoms with van der Waals surface area (Å²) in [5.41, 5.74) is 1.88. The van der Waals surface area contributed by atoms with E-state index in [1.165, 1.54) is 11.3 Å². The molecule has 1 heterocycles. The molecule has 0 aliphatic heterocycles. The first-order valence-electron chi connectivity index (χ1n) is 3.30. The van der Waals surface area contributed by atoms with Crippen LogP contribution in [0.5, 0.6) is 0 Å². The highest BCUT2D eigenvalue weighted by Crippen LogP contribution is 2.12. The number of alkyl halides is 1. The minimum Gasteiger partial charge on any atom is -0.253 e. The second kappa shape index (κ2) is 4.09. The third kappa shape index (κ3) is 2.80. The number of hydrogen-bond donors (Lipinski definition) is 0. The van der Waals surface area contributed by atoms with E-state index < -0.39 is 0 Å². The standard InChI is InChI=1S/C7H10BrNS/c1-6(8)2-3-7-4-9-5-10-7/h4-6H,2-3H2,1H3. The molecular formula is C7H10BrNS. The van der Waals surface area contributed by atoms with Crippen LogP contribution in [-0.2, 0) is 6.42 Å². The van der Waals surface area contributed by atoms with Gasteiger partial charge in [0.05, 0.1) is 5.51 Å². The van der Waals surface area contributed by atoms with Gasteiger partial charge in [-0.05, 0) is 12.8 Å². The van der Waals surface area contributed by atoms with Gasteiger partial charge in [0.1, 0.15) is 0 Å². The first kappa shape index (κ1) is 8.21. The highest BCUT2D eigenvalue weighted by atomic mass is 79.9. The lowest BCUT2D eigenvalue weighted by molar-refractivity contribution is 0.831. The summed E-state index contributed by atoms with van der Waals surface area (Å²) >= 11 is 5.24. The predicted molar refractivity (Wildman–Crippen MR) is 48.8 cm³/mol. The van der Waals surface area contributed by atoms with Crippen LogP contribution in [0.25, 0.3) is 0 Å². The van der Waals surface area contributed by atoms with Crippen LogP contribution < -0.4 is 0 Å². The van der Waals surface area contributed by atoms with E-state index in [9.17, 15) is 0 Å². The molecule has 1 atom stereocenters. The number of nitrogens with zero attached hydrogens (tertiary/aromatic N) is 1. The quantitative estimate of drug-likeness (QED) is 0.713. The lowest BCUT2D eigenvalue weighted by atomic mass is 10.2. The third-order valence-electron chi connectivity index (χ3n) is 1.27. The molecule has 0 bridgehead atoms. The zero-order valence-corrected chi connectivity index (χ0v) is 8.28. The van der Waals surface area contributed by atoms with Crippen LogP contribution in [0.1, 0.15) is 18.2 Å². The number of hydrogen-bond acceptors (Lipinski definition) is 2. The molecule has 1 unspecified atom stereocenters. The van der Waals surface area contributed by atoms with E-state index in [0.29, 0.717) is 4.83 Å². The summed E-state index contributed by atoms with van der Waals surface area (Å²) in [5.74, 6) is 0. The second-order valence-electron chi connectivity index (χ2n) is 2.29. The lowest BCUT2D eigenvalue weighted by Crippen LogP contribution is -1.91. The molecule has 0 spiro atoms. The first-order valence-corrected chi connectivity index (χ1v) is 5.10. The fourth-order valence-electron chi connectivity index (χ4n) is 0.707. The predicted octanol–water partition coefficient (Wildman–Crippen LogP) is 2.86. The van der Waals surface area contributed by atoms with Crippen molar-refractivity contribution in [3.05, 3.63) is 16.6 Å². The van der Waals surface area contributed by atoms with Crippen LogP contribution in [0, 0.1) is 0 Å². The maximum absolute atomic E-state index is 4.00. The molecule has 0 saturated carbocycles. The maximum Gasteiger partial charge on any atom is 0.0794 e. The molecule has 3 heteroatoms. The summed E-state index contributed by atoms with van der Waals surface area (Å²) in [5, 5.41) is 0. The Morgan fingerprint density at radius 1 is 1.80 bits per heavy atom. The van der Waals surface area contributed by atoms with Gasteiger partial charge in [-0.2, -0.15) is 0 Å². The van der Waals surface area contributed by atoms with Crippen molar-refractivity contribution in [2.24, 2.45) is 0 Å². The minimum absolute atomic E-state index is 0.620. The monoisotopic (exact) mass is 219 g/mol. The normalized spacial score (nSPS) is 13.4. The van der Waals surface area contributed by atoms with Gasteiger partial charge in [-0.1, -0.05) is 22.9 Å². The molecule has 0 fully saturated rings. The van der Waals surface area contributed by atoms with Crippen molar-refractivity contribution < 1.29 is 0 Å². The van der Waals surface area contributed by atoms with Gasteiger partial charge in [-0.25, -0.2) is 0 Å². The lowest BCUT2D eigenvalue weighted by Gasteiger charge is -1.98. The number of halogens is 1. The van der Waals surface area contributed by atoms with Gasteiger partial charge in [-0.3, -0.25) is 4.98 Å². The van der Waals surface area contributed by atoms with Crippen molar-refractivity contribution in [3.8, 4) is 0 Å². The SMILES string of the molecule is CC(Br)CCc1cncs1. The topological polar surface area (TPSA) is 12.9 Å². The fourth-order valence-corrected chi connectivity index (χ4v) is 1.55. The molecule has 0 amide bonds. The van der Waals surface area contributed by atoms with E-state index in [-0.39, 0.29) is 0 Å².